The fourth-order valence-electron chi connectivity index (χ4n) is 4.96. The molecular formula is C24H36N4O. The first kappa shape index (κ1) is 20.4. The number of amides is 1. The molecule has 2 aliphatic heterocycles. The maximum absolute atomic E-state index is 13.1. The van der Waals surface area contributed by atoms with Gasteiger partial charge < -0.3 is 14.4 Å². The van der Waals surface area contributed by atoms with Crippen molar-refractivity contribution in [3.8, 4) is 0 Å². The van der Waals surface area contributed by atoms with E-state index in [2.05, 4.69) is 66.6 Å². The summed E-state index contributed by atoms with van der Waals surface area (Å²) in [5.41, 5.74) is 2.23. The summed E-state index contributed by atoms with van der Waals surface area (Å²) >= 11 is 0. The van der Waals surface area contributed by atoms with Crippen LogP contribution in [0.5, 0.6) is 0 Å². The summed E-state index contributed by atoms with van der Waals surface area (Å²) in [6.07, 6.45) is 4.79. The quantitative estimate of drug-likeness (QED) is 0.795. The molecule has 2 saturated heterocycles. The minimum Gasteiger partial charge on any atom is -0.347 e. The van der Waals surface area contributed by atoms with Crippen molar-refractivity contribution in [1.82, 2.24) is 19.3 Å². The van der Waals surface area contributed by atoms with Crippen molar-refractivity contribution in [1.29, 1.82) is 0 Å². The van der Waals surface area contributed by atoms with Crippen LogP contribution in [0.3, 0.4) is 0 Å². The molecule has 1 unspecified atom stereocenters. The third-order valence-corrected chi connectivity index (χ3v) is 6.71. The van der Waals surface area contributed by atoms with Gasteiger partial charge in [0, 0.05) is 67.5 Å². The number of fused-ring (bicyclic) bond motifs is 1. The second kappa shape index (κ2) is 8.11. The molecule has 0 aliphatic carbocycles. The van der Waals surface area contributed by atoms with Crippen LogP contribution in [0.15, 0.2) is 30.5 Å². The van der Waals surface area contributed by atoms with Crippen LogP contribution in [-0.2, 0) is 6.54 Å². The van der Waals surface area contributed by atoms with Gasteiger partial charge in [0.05, 0.1) is 0 Å². The van der Waals surface area contributed by atoms with Gasteiger partial charge in [0.15, 0.2) is 0 Å². The van der Waals surface area contributed by atoms with Crippen molar-refractivity contribution in [3.05, 3.63) is 36.0 Å². The van der Waals surface area contributed by atoms with Crippen molar-refractivity contribution >= 4 is 16.8 Å². The average Bonchev–Trinajstić information content (AvgIpc) is 3.09. The molecule has 158 valence electrons. The first-order valence-electron chi connectivity index (χ1n) is 11.1. The molecule has 29 heavy (non-hydrogen) atoms. The van der Waals surface area contributed by atoms with Crippen molar-refractivity contribution in [2.75, 3.05) is 46.3 Å². The molecule has 4 rings (SSSR count). The van der Waals surface area contributed by atoms with Gasteiger partial charge in [0.1, 0.15) is 0 Å². The molecule has 2 aliphatic rings. The van der Waals surface area contributed by atoms with E-state index in [-0.39, 0.29) is 11.4 Å². The minimum atomic E-state index is 0.169. The zero-order valence-electron chi connectivity index (χ0n) is 18.5. The molecule has 0 saturated carbocycles. The van der Waals surface area contributed by atoms with Crippen LogP contribution in [0.25, 0.3) is 10.9 Å². The number of rotatable bonds is 3. The molecular weight excluding hydrogens is 360 g/mol. The molecule has 1 aromatic carbocycles. The van der Waals surface area contributed by atoms with Crippen LogP contribution in [0, 0.1) is 5.92 Å². The van der Waals surface area contributed by atoms with Gasteiger partial charge in [-0.3, -0.25) is 9.69 Å². The zero-order chi connectivity index (χ0) is 20.6. The number of carbonyl (C=O) groups is 1. The average molecular weight is 397 g/mol. The highest BCUT2D eigenvalue weighted by molar-refractivity contribution is 5.98. The van der Waals surface area contributed by atoms with Gasteiger partial charge >= 0.3 is 0 Å². The Morgan fingerprint density at radius 2 is 1.83 bits per heavy atom. The summed E-state index contributed by atoms with van der Waals surface area (Å²) in [5, 5.41) is 1.17. The second-order valence-electron chi connectivity index (χ2n) is 9.96. The maximum Gasteiger partial charge on any atom is 0.253 e. The van der Waals surface area contributed by atoms with Crippen molar-refractivity contribution in [2.24, 2.45) is 5.92 Å². The maximum atomic E-state index is 13.1. The van der Waals surface area contributed by atoms with Gasteiger partial charge in [-0.1, -0.05) is 0 Å². The largest absolute Gasteiger partial charge is 0.347 e. The summed E-state index contributed by atoms with van der Waals surface area (Å²) in [7, 11) is 2.22. The Kier molecular flexibility index (Phi) is 5.71. The first-order chi connectivity index (χ1) is 13.8. The van der Waals surface area contributed by atoms with Gasteiger partial charge in [0.2, 0.25) is 0 Å². The molecule has 0 bridgehead atoms. The molecule has 1 atom stereocenters. The molecule has 1 amide bonds. The lowest BCUT2D eigenvalue weighted by molar-refractivity contribution is 0.0451. The van der Waals surface area contributed by atoms with E-state index in [4.69, 9.17) is 0 Å². The van der Waals surface area contributed by atoms with Crippen LogP contribution >= 0.6 is 0 Å². The topological polar surface area (TPSA) is 31.7 Å². The van der Waals surface area contributed by atoms with Crippen LogP contribution in [0.1, 0.15) is 44.0 Å². The fourth-order valence-corrected chi connectivity index (χ4v) is 4.96. The smallest absolute Gasteiger partial charge is 0.253 e. The monoisotopic (exact) mass is 396 g/mol. The lowest BCUT2D eigenvalue weighted by Crippen LogP contribution is -2.54. The molecule has 2 aromatic rings. The third-order valence-electron chi connectivity index (χ3n) is 6.71. The Balaban J connectivity index is 1.44. The lowest BCUT2D eigenvalue weighted by atomic mass is 9.98. The van der Waals surface area contributed by atoms with E-state index >= 15 is 0 Å². The SMILES string of the molecule is CN1CCCC(Cn2ccc3cc(C(=O)N4CCN(C(C)(C)C)CC4)ccc32)C1. The number of benzene rings is 1. The number of piperidine rings is 1. The number of likely N-dealkylation sites (tertiary alicyclic amines) is 1. The highest BCUT2D eigenvalue weighted by Gasteiger charge is 2.28. The Morgan fingerprint density at radius 1 is 1.07 bits per heavy atom. The van der Waals surface area contributed by atoms with Crippen molar-refractivity contribution in [3.63, 3.8) is 0 Å². The van der Waals surface area contributed by atoms with E-state index in [1.165, 1.54) is 36.8 Å². The highest BCUT2D eigenvalue weighted by atomic mass is 16.2. The second-order valence-corrected chi connectivity index (χ2v) is 9.96. The van der Waals surface area contributed by atoms with Gasteiger partial charge in [-0.2, -0.15) is 0 Å². The van der Waals surface area contributed by atoms with E-state index in [9.17, 15) is 4.79 Å². The molecule has 5 heteroatoms. The number of carbonyl (C=O) groups excluding carboxylic acids is 1. The summed E-state index contributed by atoms with van der Waals surface area (Å²) in [4.78, 5) is 20.0. The number of hydrogen-bond donors (Lipinski definition) is 0. The van der Waals surface area contributed by atoms with E-state index < -0.39 is 0 Å². The molecule has 0 radical (unpaired) electrons. The Labute approximate surface area is 175 Å². The number of piperazine rings is 1. The van der Waals surface area contributed by atoms with Crippen molar-refractivity contribution < 1.29 is 4.79 Å². The molecule has 3 heterocycles. The van der Waals surface area contributed by atoms with Gasteiger partial charge in [-0.05, 0) is 77.4 Å². The number of nitrogens with zero attached hydrogens (tertiary/aromatic N) is 4. The third kappa shape index (κ3) is 4.51. The van der Waals surface area contributed by atoms with Crippen LogP contribution < -0.4 is 0 Å². The molecule has 5 nitrogen and oxygen atoms in total. The zero-order valence-corrected chi connectivity index (χ0v) is 18.5. The summed E-state index contributed by atoms with van der Waals surface area (Å²) < 4.78 is 2.37. The fraction of sp³-hybridized carbons (Fsp3) is 0.625. The summed E-state index contributed by atoms with van der Waals surface area (Å²) in [5.74, 6) is 0.881. The minimum absolute atomic E-state index is 0.169. The van der Waals surface area contributed by atoms with Crippen molar-refractivity contribution in [2.45, 2.75) is 45.7 Å². The van der Waals surface area contributed by atoms with Crippen LogP contribution in [0.2, 0.25) is 0 Å². The van der Waals surface area contributed by atoms with Gasteiger partial charge in [0.25, 0.3) is 5.91 Å². The summed E-state index contributed by atoms with van der Waals surface area (Å²) in [6.45, 7) is 13.7. The van der Waals surface area contributed by atoms with E-state index in [1.807, 2.05) is 11.0 Å². The highest BCUT2D eigenvalue weighted by Crippen LogP contribution is 2.24. The van der Waals surface area contributed by atoms with E-state index in [0.29, 0.717) is 5.92 Å². The van der Waals surface area contributed by atoms with Gasteiger partial charge in [-0.25, -0.2) is 0 Å². The normalized spacial score (nSPS) is 22.3. The first-order valence-corrected chi connectivity index (χ1v) is 11.1. The standard InChI is InChI=1S/C24H36N4O/c1-24(2,3)28-14-12-26(13-15-28)23(29)21-7-8-22-20(16-21)9-11-27(22)18-19-6-5-10-25(4)17-19/h7-9,11,16,19H,5-6,10,12-15,17-18H2,1-4H3. The predicted molar refractivity (Wildman–Crippen MR) is 119 cm³/mol. The number of aromatic nitrogens is 1. The van der Waals surface area contributed by atoms with E-state index in [0.717, 1.165) is 38.3 Å². The number of hydrogen-bond acceptors (Lipinski definition) is 3. The molecule has 0 spiro atoms. The Morgan fingerprint density at radius 3 is 2.52 bits per heavy atom. The van der Waals surface area contributed by atoms with Crippen LogP contribution in [-0.4, -0.2) is 77.0 Å². The Hall–Kier alpha value is -1.85. The summed E-state index contributed by atoms with van der Waals surface area (Å²) in [6, 6.07) is 8.40. The predicted octanol–water partition coefficient (Wildman–Crippen LogP) is 3.54. The van der Waals surface area contributed by atoms with E-state index in [1.54, 1.807) is 0 Å². The molecule has 1 aromatic heterocycles. The van der Waals surface area contributed by atoms with Crippen LogP contribution in [0.4, 0.5) is 0 Å². The molecule has 0 N–H and O–H groups in total. The van der Waals surface area contributed by atoms with Gasteiger partial charge in [-0.15, -0.1) is 0 Å². The lowest BCUT2D eigenvalue weighted by Gasteiger charge is -2.42. The Bertz CT molecular complexity index is 857. The molecule has 2 fully saturated rings.